The predicted octanol–water partition coefficient (Wildman–Crippen LogP) is 7.55. The summed E-state index contributed by atoms with van der Waals surface area (Å²) in [4.78, 5) is 31.3. The van der Waals surface area contributed by atoms with Crippen molar-refractivity contribution in [1.29, 1.82) is 5.26 Å². The first kappa shape index (κ1) is 31.4. The number of hydrogen-bond acceptors (Lipinski definition) is 6. The van der Waals surface area contributed by atoms with E-state index in [0.717, 1.165) is 63.0 Å². The van der Waals surface area contributed by atoms with Crippen molar-refractivity contribution in [3.63, 3.8) is 0 Å². The zero-order valence-electron chi connectivity index (χ0n) is 24.2. The van der Waals surface area contributed by atoms with Gasteiger partial charge in [0.25, 0.3) is 11.5 Å². The summed E-state index contributed by atoms with van der Waals surface area (Å²) in [5.74, 6) is 0.792. The van der Waals surface area contributed by atoms with E-state index in [9.17, 15) is 14.9 Å². The molecule has 1 aromatic rings. The molecule has 0 aromatic carbocycles. The number of rotatable bonds is 16. The Labute approximate surface area is 244 Å². The number of thioether (sulfide) groups is 1. The van der Waals surface area contributed by atoms with E-state index < -0.39 is 0 Å². The van der Waals surface area contributed by atoms with Crippen LogP contribution in [-0.4, -0.2) is 39.3 Å². The van der Waals surface area contributed by atoms with Gasteiger partial charge in [-0.1, -0.05) is 102 Å². The maximum Gasteiger partial charge on any atom is 0.270 e. The zero-order chi connectivity index (χ0) is 28.2. The number of nitriles is 1. The summed E-state index contributed by atoms with van der Waals surface area (Å²) >= 11 is 6.95. The number of carbonyl (C=O) groups excluding carboxylic acids is 1. The largest absolute Gasteiger partial charge is 0.357 e. The predicted molar refractivity (Wildman–Crippen MR) is 168 cm³/mol. The number of unbranched alkanes of at least 4 members (excludes halogenated alkanes) is 10. The van der Waals surface area contributed by atoms with Crippen molar-refractivity contribution in [1.82, 2.24) is 9.47 Å². The molecule has 2 aliphatic rings. The molecule has 39 heavy (non-hydrogen) atoms. The second-order valence-electron chi connectivity index (χ2n) is 10.9. The molecule has 0 radical (unpaired) electrons. The van der Waals surface area contributed by atoms with Crippen LogP contribution in [0.25, 0.3) is 6.08 Å². The number of thiocarbonyl (C=S) groups is 1. The van der Waals surface area contributed by atoms with Crippen LogP contribution in [0.2, 0.25) is 0 Å². The summed E-state index contributed by atoms with van der Waals surface area (Å²) in [6.07, 6.45) is 18.3. The molecule has 8 heteroatoms. The summed E-state index contributed by atoms with van der Waals surface area (Å²) in [5, 5.41) is 9.85. The molecule has 3 heterocycles. The van der Waals surface area contributed by atoms with Gasteiger partial charge in [-0.2, -0.15) is 5.26 Å². The maximum absolute atomic E-state index is 13.4. The van der Waals surface area contributed by atoms with Gasteiger partial charge in [-0.15, -0.1) is 0 Å². The highest BCUT2D eigenvalue weighted by Crippen LogP contribution is 2.36. The van der Waals surface area contributed by atoms with Crippen LogP contribution in [0.4, 0.5) is 5.82 Å². The van der Waals surface area contributed by atoms with Crippen LogP contribution in [0.1, 0.15) is 120 Å². The topological polar surface area (TPSA) is 69.3 Å². The lowest BCUT2D eigenvalue weighted by Gasteiger charge is -2.27. The molecule has 0 aliphatic carbocycles. The summed E-state index contributed by atoms with van der Waals surface area (Å²) in [6, 6.07) is 2.14. The molecule has 0 N–H and O–H groups in total. The molecular weight excluding hydrogens is 525 g/mol. The number of carbonyl (C=O) groups is 1. The van der Waals surface area contributed by atoms with Crippen molar-refractivity contribution < 1.29 is 4.79 Å². The maximum atomic E-state index is 13.4. The van der Waals surface area contributed by atoms with E-state index in [-0.39, 0.29) is 17.0 Å². The Hall–Kier alpha value is -2.11. The van der Waals surface area contributed by atoms with Gasteiger partial charge in [0, 0.05) is 31.7 Å². The first-order chi connectivity index (χ1) is 18.9. The summed E-state index contributed by atoms with van der Waals surface area (Å²) in [6.45, 7) is 9.14. The fraction of sp³-hybridized carbons (Fsp3) is 0.677. The molecule has 2 fully saturated rings. The van der Waals surface area contributed by atoms with Gasteiger partial charge < -0.3 is 4.90 Å². The quantitative estimate of drug-likeness (QED) is 0.116. The van der Waals surface area contributed by atoms with Gasteiger partial charge in [-0.3, -0.25) is 19.1 Å². The summed E-state index contributed by atoms with van der Waals surface area (Å²) < 4.78 is 2.37. The smallest absolute Gasteiger partial charge is 0.270 e. The monoisotopic (exact) mass is 570 g/mol. The Morgan fingerprint density at radius 3 is 2.08 bits per heavy atom. The van der Waals surface area contributed by atoms with Gasteiger partial charge in [-0.05, 0) is 44.2 Å². The number of anilines is 1. The molecule has 1 amide bonds. The standard InChI is InChI=1S/C31H46N4O2S2/c1-4-6-8-9-10-11-12-13-14-15-21-35-30(37)27(39-31(35)38)22-25-24(3)26(23-32)29(36)34(20-7-5-2)28(25)33-18-16-17-19-33/h22H,4-21H2,1-3H3. The third kappa shape index (κ3) is 8.20. The molecule has 0 spiro atoms. The molecule has 2 saturated heterocycles. The fourth-order valence-electron chi connectivity index (χ4n) is 5.52. The molecule has 214 valence electrons. The van der Waals surface area contributed by atoms with E-state index >= 15 is 0 Å². The van der Waals surface area contributed by atoms with Crippen LogP contribution in [0, 0.1) is 18.3 Å². The first-order valence-corrected chi connectivity index (χ1v) is 16.3. The molecule has 0 unspecified atom stereocenters. The van der Waals surface area contributed by atoms with Crippen LogP contribution in [0.3, 0.4) is 0 Å². The van der Waals surface area contributed by atoms with Crippen molar-refractivity contribution in [2.75, 3.05) is 24.5 Å². The zero-order valence-corrected chi connectivity index (χ0v) is 25.9. The van der Waals surface area contributed by atoms with Gasteiger partial charge in [0.1, 0.15) is 21.8 Å². The summed E-state index contributed by atoms with van der Waals surface area (Å²) in [7, 11) is 0. The van der Waals surface area contributed by atoms with Gasteiger partial charge in [0.2, 0.25) is 0 Å². The van der Waals surface area contributed by atoms with E-state index in [0.29, 0.717) is 27.9 Å². The van der Waals surface area contributed by atoms with Gasteiger partial charge in [0.15, 0.2) is 0 Å². The number of aromatic nitrogens is 1. The Morgan fingerprint density at radius 1 is 0.897 bits per heavy atom. The number of amides is 1. The van der Waals surface area contributed by atoms with E-state index in [1.165, 1.54) is 63.1 Å². The lowest BCUT2D eigenvalue weighted by molar-refractivity contribution is -0.122. The average molecular weight is 571 g/mol. The highest BCUT2D eigenvalue weighted by Gasteiger charge is 2.33. The highest BCUT2D eigenvalue weighted by molar-refractivity contribution is 8.26. The van der Waals surface area contributed by atoms with Crippen molar-refractivity contribution >= 4 is 46.1 Å². The van der Waals surface area contributed by atoms with Crippen LogP contribution in [0.15, 0.2) is 9.70 Å². The van der Waals surface area contributed by atoms with Crippen molar-refractivity contribution in [3.05, 3.63) is 31.9 Å². The van der Waals surface area contributed by atoms with Crippen LogP contribution in [-0.2, 0) is 11.3 Å². The van der Waals surface area contributed by atoms with Crippen LogP contribution in [0.5, 0.6) is 0 Å². The minimum atomic E-state index is -0.226. The molecule has 2 aliphatic heterocycles. The van der Waals surface area contributed by atoms with Gasteiger partial charge in [0.05, 0.1) is 4.91 Å². The lowest BCUT2D eigenvalue weighted by atomic mass is 10.0. The normalized spacial score (nSPS) is 16.6. The molecule has 6 nitrogen and oxygen atoms in total. The third-order valence-corrected chi connectivity index (χ3v) is 9.25. The van der Waals surface area contributed by atoms with Crippen molar-refractivity contribution in [2.45, 2.75) is 117 Å². The fourth-order valence-corrected chi connectivity index (χ4v) is 6.81. The van der Waals surface area contributed by atoms with Crippen LogP contribution < -0.4 is 10.5 Å². The molecular formula is C31H46N4O2S2. The Kier molecular flexibility index (Phi) is 13.1. The van der Waals surface area contributed by atoms with Crippen molar-refractivity contribution in [2.24, 2.45) is 0 Å². The molecule has 0 atom stereocenters. The highest BCUT2D eigenvalue weighted by atomic mass is 32.2. The Bertz CT molecular complexity index is 1130. The Morgan fingerprint density at radius 2 is 1.49 bits per heavy atom. The molecule has 1 aromatic heterocycles. The first-order valence-electron chi connectivity index (χ1n) is 15.1. The second kappa shape index (κ2) is 16.2. The van der Waals surface area contributed by atoms with Crippen LogP contribution >= 0.6 is 24.0 Å². The van der Waals surface area contributed by atoms with E-state index in [1.807, 2.05) is 13.0 Å². The SMILES string of the molecule is CCCCCCCCCCCCN1C(=O)C(=Cc2c(C)c(C#N)c(=O)n(CCCC)c2N2CCCC2)SC1=S. The summed E-state index contributed by atoms with van der Waals surface area (Å²) in [5.41, 5.74) is 1.40. The minimum Gasteiger partial charge on any atom is -0.357 e. The lowest BCUT2D eigenvalue weighted by Crippen LogP contribution is -2.33. The second-order valence-corrected chi connectivity index (χ2v) is 12.5. The molecule has 0 bridgehead atoms. The van der Waals surface area contributed by atoms with Gasteiger partial charge >= 0.3 is 0 Å². The Balaban J connectivity index is 1.74. The minimum absolute atomic E-state index is 0.0579. The molecule has 0 saturated carbocycles. The molecule has 3 rings (SSSR count). The van der Waals surface area contributed by atoms with E-state index in [2.05, 4.69) is 24.8 Å². The van der Waals surface area contributed by atoms with Crippen molar-refractivity contribution in [3.8, 4) is 6.07 Å². The number of nitrogens with zero attached hydrogens (tertiary/aromatic N) is 4. The number of pyridine rings is 1. The average Bonchev–Trinajstić information content (AvgIpc) is 3.55. The van der Waals surface area contributed by atoms with E-state index in [1.54, 1.807) is 9.47 Å². The van der Waals surface area contributed by atoms with E-state index in [4.69, 9.17) is 12.2 Å². The number of hydrogen-bond donors (Lipinski definition) is 0. The van der Waals surface area contributed by atoms with Gasteiger partial charge in [-0.25, -0.2) is 0 Å². The third-order valence-electron chi connectivity index (χ3n) is 7.87.